The lowest BCUT2D eigenvalue weighted by Gasteiger charge is -2.32. The summed E-state index contributed by atoms with van der Waals surface area (Å²) in [4.78, 5) is 29.4. The number of carboxylic acids is 1. The maximum absolute atomic E-state index is 12.4. The van der Waals surface area contributed by atoms with E-state index in [0.29, 0.717) is 19.7 Å². The van der Waals surface area contributed by atoms with Crippen molar-refractivity contribution in [1.82, 2.24) is 9.88 Å². The molecule has 1 atom stereocenters. The van der Waals surface area contributed by atoms with Gasteiger partial charge in [-0.25, -0.2) is 4.98 Å². The van der Waals surface area contributed by atoms with Gasteiger partial charge in [0.1, 0.15) is 5.01 Å². The first-order valence-corrected chi connectivity index (χ1v) is 8.61. The third-order valence-electron chi connectivity index (χ3n) is 3.80. The zero-order valence-corrected chi connectivity index (χ0v) is 13.9. The average Bonchev–Trinajstić information content (AvgIpc) is 3.04. The molecule has 2 heterocycles. The predicted molar refractivity (Wildman–Crippen MR) is 89.8 cm³/mol. The van der Waals surface area contributed by atoms with Gasteiger partial charge in [0.25, 0.3) is 0 Å². The molecule has 0 spiro atoms. The number of aliphatic carboxylic acids is 1. The summed E-state index contributed by atoms with van der Waals surface area (Å²) in [5, 5.41) is 11.6. The molecule has 0 saturated carbocycles. The predicted octanol–water partition coefficient (Wildman–Crippen LogP) is 2.05. The van der Waals surface area contributed by atoms with Crippen LogP contribution >= 0.6 is 11.3 Å². The number of carbonyl (C=O) groups is 2. The van der Waals surface area contributed by atoms with E-state index in [2.05, 4.69) is 4.98 Å². The number of hydrogen-bond donors (Lipinski definition) is 1. The molecule has 7 heteroatoms. The number of morpholine rings is 1. The molecule has 1 aromatic heterocycles. The van der Waals surface area contributed by atoms with Gasteiger partial charge in [-0.2, -0.15) is 0 Å². The standard InChI is InChI=1S/C17H18N2O4S/c20-15(19-6-7-23-14(10-19)9-16(21)22)8-13-11-24-17(18-13)12-4-2-1-3-5-12/h1-5,11,14H,6-10H2,(H,21,22). The van der Waals surface area contributed by atoms with Gasteiger partial charge in [-0.15, -0.1) is 11.3 Å². The van der Waals surface area contributed by atoms with E-state index in [1.54, 1.807) is 4.90 Å². The van der Waals surface area contributed by atoms with Crippen molar-refractivity contribution in [2.75, 3.05) is 19.7 Å². The SMILES string of the molecule is O=C(O)CC1CN(C(=O)Cc2csc(-c3ccccc3)n2)CCO1. The van der Waals surface area contributed by atoms with Crippen LogP contribution in [0.25, 0.3) is 10.6 Å². The third kappa shape index (κ3) is 4.18. The van der Waals surface area contributed by atoms with E-state index >= 15 is 0 Å². The maximum atomic E-state index is 12.4. The molecule has 6 nitrogen and oxygen atoms in total. The van der Waals surface area contributed by atoms with Crippen molar-refractivity contribution in [2.45, 2.75) is 18.9 Å². The Morgan fingerprint density at radius 2 is 2.12 bits per heavy atom. The molecule has 0 radical (unpaired) electrons. The Bertz CT molecular complexity index is 716. The van der Waals surface area contributed by atoms with Crippen molar-refractivity contribution in [3.8, 4) is 10.6 Å². The first-order valence-electron chi connectivity index (χ1n) is 7.73. The summed E-state index contributed by atoms with van der Waals surface area (Å²) in [7, 11) is 0. The third-order valence-corrected chi connectivity index (χ3v) is 4.74. The maximum Gasteiger partial charge on any atom is 0.306 e. The summed E-state index contributed by atoms with van der Waals surface area (Å²) in [6.45, 7) is 1.18. The highest BCUT2D eigenvalue weighted by molar-refractivity contribution is 7.13. The van der Waals surface area contributed by atoms with Crippen LogP contribution in [-0.2, 0) is 20.7 Å². The number of aromatic nitrogens is 1. The summed E-state index contributed by atoms with van der Waals surface area (Å²) >= 11 is 1.52. The molecule has 1 saturated heterocycles. The molecule has 2 aromatic rings. The molecule has 0 aliphatic carbocycles. The lowest BCUT2D eigenvalue weighted by molar-refractivity contribution is -0.147. The number of rotatable bonds is 5. The number of thiazole rings is 1. The van der Waals surface area contributed by atoms with Crippen LogP contribution in [-0.4, -0.2) is 52.7 Å². The van der Waals surface area contributed by atoms with Gasteiger partial charge < -0.3 is 14.7 Å². The van der Waals surface area contributed by atoms with Crippen LogP contribution in [0.5, 0.6) is 0 Å². The topological polar surface area (TPSA) is 79.7 Å². The Morgan fingerprint density at radius 3 is 2.88 bits per heavy atom. The van der Waals surface area contributed by atoms with Gasteiger partial charge >= 0.3 is 5.97 Å². The van der Waals surface area contributed by atoms with Crippen LogP contribution in [0.1, 0.15) is 12.1 Å². The van der Waals surface area contributed by atoms with Gasteiger partial charge in [0.2, 0.25) is 5.91 Å². The van der Waals surface area contributed by atoms with Crippen LogP contribution in [0.4, 0.5) is 0 Å². The molecule has 1 aliphatic heterocycles. The summed E-state index contributed by atoms with van der Waals surface area (Å²) in [5.41, 5.74) is 1.78. The Labute approximate surface area is 143 Å². The first kappa shape index (κ1) is 16.6. The minimum absolute atomic E-state index is 0.0430. The molecule has 1 N–H and O–H groups in total. The fourth-order valence-corrected chi connectivity index (χ4v) is 3.46. The fourth-order valence-electron chi connectivity index (χ4n) is 2.63. The molecule has 1 amide bonds. The summed E-state index contributed by atoms with van der Waals surface area (Å²) in [6, 6.07) is 9.84. The minimum atomic E-state index is -0.915. The Morgan fingerprint density at radius 1 is 1.33 bits per heavy atom. The highest BCUT2D eigenvalue weighted by Crippen LogP contribution is 2.23. The molecular formula is C17H18N2O4S. The molecule has 1 aromatic carbocycles. The summed E-state index contributed by atoms with van der Waals surface area (Å²) in [5.74, 6) is -0.958. The van der Waals surface area contributed by atoms with Gasteiger partial charge in [0.05, 0.1) is 31.2 Å². The Balaban J connectivity index is 1.61. The number of hydrogen-bond acceptors (Lipinski definition) is 5. The number of ether oxygens (including phenoxy) is 1. The van der Waals surface area contributed by atoms with Crippen LogP contribution in [0.2, 0.25) is 0 Å². The Kier molecular flexibility index (Phi) is 5.22. The largest absolute Gasteiger partial charge is 0.481 e. The van der Waals surface area contributed by atoms with Crippen molar-refractivity contribution in [2.24, 2.45) is 0 Å². The van der Waals surface area contributed by atoms with E-state index in [-0.39, 0.29) is 18.7 Å². The molecular weight excluding hydrogens is 328 g/mol. The van der Waals surface area contributed by atoms with E-state index in [0.717, 1.165) is 16.3 Å². The molecule has 1 fully saturated rings. The van der Waals surface area contributed by atoms with Gasteiger partial charge in [-0.05, 0) is 0 Å². The second-order valence-corrected chi connectivity index (χ2v) is 6.48. The first-order chi connectivity index (χ1) is 11.6. The number of carboxylic acid groups (broad SMARTS) is 1. The van der Waals surface area contributed by atoms with E-state index < -0.39 is 12.1 Å². The van der Waals surface area contributed by atoms with Crippen molar-refractivity contribution in [3.05, 3.63) is 41.4 Å². The number of nitrogens with zero attached hydrogens (tertiary/aromatic N) is 2. The Hall–Kier alpha value is -2.25. The van der Waals surface area contributed by atoms with Crippen molar-refractivity contribution in [3.63, 3.8) is 0 Å². The minimum Gasteiger partial charge on any atom is -0.481 e. The molecule has 3 rings (SSSR count). The molecule has 0 bridgehead atoms. The smallest absolute Gasteiger partial charge is 0.306 e. The van der Waals surface area contributed by atoms with Crippen molar-refractivity contribution < 1.29 is 19.4 Å². The fraction of sp³-hybridized carbons (Fsp3) is 0.353. The van der Waals surface area contributed by atoms with Crippen LogP contribution in [0.15, 0.2) is 35.7 Å². The lowest BCUT2D eigenvalue weighted by atomic mass is 10.2. The van der Waals surface area contributed by atoms with Crippen LogP contribution < -0.4 is 0 Å². The monoisotopic (exact) mass is 346 g/mol. The lowest BCUT2D eigenvalue weighted by Crippen LogP contribution is -2.46. The second-order valence-electron chi connectivity index (χ2n) is 5.62. The molecule has 1 unspecified atom stereocenters. The van der Waals surface area contributed by atoms with Gasteiger partial charge in [0.15, 0.2) is 0 Å². The highest BCUT2D eigenvalue weighted by atomic mass is 32.1. The number of benzene rings is 1. The van der Waals surface area contributed by atoms with Crippen LogP contribution in [0.3, 0.4) is 0 Å². The van der Waals surface area contributed by atoms with Crippen molar-refractivity contribution >= 4 is 23.2 Å². The average molecular weight is 346 g/mol. The van der Waals surface area contributed by atoms with Gasteiger partial charge in [-0.3, -0.25) is 9.59 Å². The van der Waals surface area contributed by atoms with E-state index in [1.165, 1.54) is 11.3 Å². The summed E-state index contributed by atoms with van der Waals surface area (Å²) < 4.78 is 5.39. The molecule has 1 aliphatic rings. The van der Waals surface area contributed by atoms with Gasteiger partial charge in [0, 0.05) is 24.0 Å². The van der Waals surface area contributed by atoms with E-state index in [1.807, 2.05) is 35.7 Å². The highest BCUT2D eigenvalue weighted by Gasteiger charge is 2.26. The zero-order chi connectivity index (χ0) is 16.9. The quantitative estimate of drug-likeness (QED) is 0.896. The normalized spacial score (nSPS) is 17.7. The second kappa shape index (κ2) is 7.55. The van der Waals surface area contributed by atoms with Crippen molar-refractivity contribution in [1.29, 1.82) is 0 Å². The summed E-state index contributed by atoms with van der Waals surface area (Å²) in [6.07, 6.45) is -0.294. The number of amides is 1. The zero-order valence-electron chi connectivity index (χ0n) is 13.1. The number of carbonyl (C=O) groups excluding carboxylic acids is 1. The van der Waals surface area contributed by atoms with E-state index in [4.69, 9.17) is 9.84 Å². The van der Waals surface area contributed by atoms with Crippen LogP contribution in [0, 0.1) is 0 Å². The van der Waals surface area contributed by atoms with E-state index in [9.17, 15) is 9.59 Å². The molecule has 24 heavy (non-hydrogen) atoms. The van der Waals surface area contributed by atoms with Gasteiger partial charge in [-0.1, -0.05) is 30.3 Å². The molecule has 126 valence electrons.